The number of nitrogens with one attached hydrogen (secondary N) is 1. The van der Waals surface area contributed by atoms with Gasteiger partial charge < -0.3 is 10.2 Å². The Kier molecular flexibility index (Phi) is 1.14. The topological polar surface area (TPSA) is 15.3 Å². The lowest BCUT2D eigenvalue weighted by Crippen LogP contribution is -2.24. The Balaban J connectivity index is 2.01. The van der Waals surface area contributed by atoms with Crippen molar-refractivity contribution in [3.63, 3.8) is 0 Å². The highest BCUT2D eigenvalue weighted by Crippen LogP contribution is 2.38. The number of hydrogen-bond acceptors (Lipinski definition) is 2. The summed E-state index contributed by atoms with van der Waals surface area (Å²) in [5, 5.41) is 3.40. The lowest BCUT2D eigenvalue weighted by molar-refractivity contribution is 0.866. The molecule has 0 amide bonds. The summed E-state index contributed by atoms with van der Waals surface area (Å²) in [6.45, 7) is 1.00. The van der Waals surface area contributed by atoms with Gasteiger partial charge in [-0.1, -0.05) is 12.1 Å². The van der Waals surface area contributed by atoms with Crippen LogP contribution >= 0.6 is 0 Å². The van der Waals surface area contributed by atoms with Gasteiger partial charge in [-0.3, -0.25) is 0 Å². The molecule has 2 nitrogen and oxygen atoms in total. The zero-order chi connectivity index (χ0) is 7.97. The van der Waals surface area contributed by atoms with Crippen LogP contribution in [0.5, 0.6) is 0 Å². The maximum absolute atomic E-state index is 3.40. The molecule has 0 bridgehead atoms. The maximum Gasteiger partial charge on any atom is 0.0880 e. The third kappa shape index (κ3) is 0.809. The number of para-hydroxylation sites is 2. The second-order valence-corrected chi connectivity index (χ2v) is 3.55. The molecule has 1 saturated carbocycles. The first-order valence-electron chi connectivity index (χ1n) is 4.55. The molecule has 2 heteroatoms. The Hall–Kier alpha value is -1.18. The summed E-state index contributed by atoms with van der Waals surface area (Å²) in [4.78, 5) is 2.47. The van der Waals surface area contributed by atoms with Gasteiger partial charge in [0, 0.05) is 6.04 Å². The summed E-state index contributed by atoms with van der Waals surface area (Å²) >= 11 is 0. The molecular formula is C10H12N2. The fourth-order valence-electron chi connectivity index (χ4n) is 1.84. The maximum atomic E-state index is 3.40. The van der Waals surface area contributed by atoms with E-state index in [9.17, 15) is 0 Å². The van der Waals surface area contributed by atoms with Crippen LogP contribution in [-0.4, -0.2) is 12.7 Å². The molecule has 1 heterocycles. The predicted octanol–water partition coefficient (Wildman–Crippen LogP) is 2.04. The van der Waals surface area contributed by atoms with Crippen LogP contribution in [0.2, 0.25) is 0 Å². The van der Waals surface area contributed by atoms with Crippen molar-refractivity contribution in [2.24, 2.45) is 0 Å². The molecule has 1 aliphatic carbocycles. The van der Waals surface area contributed by atoms with Gasteiger partial charge in [0.2, 0.25) is 0 Å². The first-order chi connectivity index (χ1) is 5.95. The Morgan fingerprint density at radius 3 is 2.92 bits per heavy atom. The quantitative estimate of drug-likeness (QED) is 0.676. The van der Waals surface area contributed by atoms with Crippen LogP contribution in [0.3, 0.4) is 0 Å². The highest BCUT2D eigenvalue weighted by atomic mass is 15.3. The van der Waals surface area contributed by atoms with Crippen LogP contribution < -0.4 is 10.2 Å². The molecule has 2 aliphatic rings. The van der Waals surface area contributed by atoms with Gasteiger partial charge in [-0.2, -0.15) is 0 Å². The molecule has 0 radical (unpaired) electrons. The number of rotatable bonds is 1. The van der Waals surface area contributed by atoms with Crippen molar-refractivity contribution >= 4 is 11.4 Å². The first kappa shape index (κ1) is 6.35. The fourth-order valence-corrected chi connectivity index (χ4v) is 1.84. The smallest absolute Gasteiger partial charge is 0.0880 e. The summed E-state index contributed by atoms with van der Waals surface area (Å²) in [5.41, 5.74) is 2.68. The Labute approximate surface area is 72.2 Å². The molecule has 1 aliphatic heterocycles. The average Bonchev–Trinajstić information content (AvgIpc) is 2.86. The molecule has 62 valence electrons. The van der Waals surface area contributed by atoms with Crippen molar-refractivity contribution < 1.29 is 0 Å². The van der Waals surface area contributed by atoms with E-state index in [0.717, 1.165) is 12.7 Å². The summed E-state index contributed by atoms with van der Waals surface area (Å²) in [7, 11) is 0. The van der Waals surface area contributed by atoms with Crippen LogP contribution in [0.4, 0.5) is 11.4 Å². The van der Waals surface area contributed by atoms with Crippen molar-refractivity contribution in [1.82, 2.24) is 0 Å². The average molecular weight is 160 g/mol. The Morgan fingerprint density at radius 2 is 2.08 bits per heavy atom. The predicted molar refractivity (Wildman–Crippen MR) is 50.4 cm³/mol. The third-order valence-electron chi connectivity index (χ3n) is 2.64. The van der Waals surface area contributed by atoms with E-state index < -0.39 is 0 Å². The fraction of sp³-hybridized carbons (Fsp3) is 0.400. The third-order valence-corrected chi connectivity index (χ3v) is 2.64. The number of benzene rings is 1. The van der Waals surface area contributed by atoms with Crippen LogP contribution in [0.25, 0.3) is 0 Å². The molecule has 1 fully saturated rings. The Bertz CT molecular complexity index is 304. The first-order valence-corrected chi connectivity index (χ1v) is 4.55. The van der Waals surface area contributed by atoms with Crippen molar-refractivity contribution in [2.75, 3.05) is 16.9 Å². The van der Waals surface area contributed by atoms with E-state index in [2.05, 4.69) is 34.5 Å². The van der Waals surface area contributed by atoms with Crippen molar-refractivity contribution in [2.45, 2.75) is 18.9 Å². The number of hydrogen-bond donors (Lipinski definition) is 1. The van der Waals surface area contributed by atoms with E-state index in [4.69, 9.17) is 0 Å². The van der Waals surface area contributed by atoms with Gasteiger partial charge in [0.1, 0.15) is 0 Å². The zero-order valence-electron chi connectivity index (χ0n) is 6.96. The van der Waals surface area contributed by atoms with Gasteiger partial charge >= 0.3 is 0 Å². The van der Waals surface area contributed by atoms with Crippen molar-refractivity contribution in [3.05, 3.63) is 24.3 Å². The van der Waals surface area contributed by atoms with Crippen molar-refractivity contribution in [3.8, 4) is 0 Å². The summed E-state index contributed by atoms with van der Waals surface area (Å²) in [6.07, 6.45) is 2.74. The van der Waals surface area contributed by atoms with E-state index in [1.807, 2.05) is 0 Å². The summed E-state index contributed by atoms with van der Waals surface area (Å²) in [5.74, 6) is 0. The van der Waals surface area contributed by atoms with Crippen LogP contribution in [-0.2, 0) is 0 Å². The highest BCUT2D eigenvalue weighted by Gasteiger charge is 2.32. The molecule has 0 saturated heterocycles. The van der Waals surface area contributed by atoms with E-state index in [1.54, 1.807) is 0 Å². The number of nitrogens with zero attached hydrogens (tertiary/aromatic N) is 1. The lowest BCUT2D eigenvalue weighted by atomic mass is 10.2. The lowest BCUT2D eigenvalue weighted by Gasteiger charge is -2.16. The molecular weight excluding hydrogens is 148 g/mol. The molecule has 1 aromatic rings. The van der Waals surface area contributed by atoms with E-state index in [0.29, 0.717) is 0 Å². The summed E-state index contributed by atoms with van der Waals surface area (Å²) in [6, 6.07) is 9.37. The minimum atomic E-state index is 0.821. The SMILES string of the molecule is c1ccc2c(c1)NCN2C1CC1. The highest BCUT2D eigenvalue weighted by molar-refractivity contribution is 5.75. The molecule has 1 N–H and O–H groups in total. The molecule has 1 aromatic carbocycles. The molecule has 0 aromatic heterocycles. The van der Waals surface area contributed by atoms with Gasteiger partial charge in [0.05, 0.1) is 18.0 Å². The second kappa shape index (κ2) is 2.16. The largest absolute Gasteiger partial charge is 0.366 e. The molecule has 0 unspecified atom stereocenters. The van der Waals surface area contributed by atoms with Crippen LogP contribution in [0, 0.1) is 0 Å². The van der Waals surface area contributed by atoms with Crippen LogP contribution in [0.1, 0.15) is 12.8 Å². The van der Waals surface area contributed by atoms with Crippen LogP contribution in [0.15, 0.2) is 24.3 Å². The van der Waals surface area contributed by atoms with Gasteiger partial charge in [-0.25, -0.2) is 0 Å². The minimum Gasteiger partial charge on any atom is -0.366 e. The van der Waals surface area contributed by atoms with Gasteiger partial charge in [0.15, 0.2) is 0 Å². The van der Waals surface area contributed by atoms with E-state index >= 15 is 0 Å². The van der Waals surface area contributed by atoms with Gasteiger partial charge in [-0.15, -0.1) is 0 Å². The zero-order valence-corrected chi connectivity index (χ0v) is 6.96. The number of fused-ring (bicyclic) bond motifs is 1. The molecule has 12 heavy (non-hydrogen) atoms. The normalized spacial score (nSPS) is 20.5. The van der Waals surface area contributed by atoms with Gasteiger partial charge in [0.25, 0.3) is 0 Å². The van der Waals surface area contributed by atoms with E-state index in [-0.39, 0.29) is 0 Å². The standard InChI is InChI=1S/C10H12N2/c1-2-4-10-9(3-1)11-7-12(10)8-5-6-8/h1-4,8,11H,5-7H2. The van der Waals surface area contributed by atoms with Gasteiger partial charge in [-0.05, 0) is 25.0 Å². The van der Waals surface area contributed by atoms with E-state index in [1.165, 1.54) is 24.2 Å². The monoisotopic (exact) mass is 160 g/mol. The molecule has 3 rings (SSSR count). The second-order valence-electron chi connectivity index (χ2n) is 3.55. The molecule has 0 atom stereocenters. The Morgan fingerprint density at radius 1 is 1.25 bits per heavy atom. The van der Waals surface area contributed by atoms with Crippen molar-refractivity contribution in [1.29, 1.82) is 0 Å². The minimum absolute atomic E-state index is 0.821. The molecule has 0 spiro atoms. The number of anilines is 2. The summed E-state index contributed by atoms with van der Waals surface area (Å²) < 4.78 is 0.